The van der Waals surface area contributed by atoms with Crippen molar-refractivity contribution in [3.8, 4) is 0 Å². The average molecular weight is 340 g/mol. The Bertz CT molecular complexity index is 677. The first-order valence-corrected chi connectivity index (χ1v) is 7.86. The summed E-state index contributed by atoms with van der Waals surface area (Å²) in [5, 5.41) is 3.18. The van der Waals surface area contributed by atoms with E-state index in [1.54, 1.807) is 29.0 Å². The van der Waals surface area contributed by atoms with Gasteiger partial charge in [0.2, 0.25) is 0 Å². The zero-order chi connectivity index (χ0) is 12.5. The highest BCUT2D eigenvalue weighted by atomic mass is 79.9. The fraction of sp³-hybridized carbons (Fsp3) is 0.167. The summed E-state index contributed by atoms with van der Waals surface area (Å²) in [6.07, 6.45) is 1.63. The number of hydrogen-bond donors (Lipinski definition) is 0. The number of anilines is 1. The molecule has 3 aromatic rings. The second-order valence-corrected chi connectivity index (χ2v) is 7.34. The molecule has 18 heavy (non-hydrogen) atoms. The second-order valence-electron chi connectivity index (χ2n) is 3.90. The van der Waals surface area contributed by atoms with Crippen molar-refractivity contribution in [1.82, 2.24) is 9.97 Å². The van der Waals surface area contributed by atoms with Crippen LogP contribution in [0.5, 0.6) is 0 Å². The second kappa shape index (κ2) is 4.95. The molecular weight excluding hydrogens is 330 g/mol. The maximum atomic E-state index is 4.40. The average Bonchev–Trinajstić information content (AvgIpc) is 2.97. The lowest BCUT2D eigenvalue weighted by Gasteiger charge is -2.17. The predicted molar refractivity (Wildman–Crippen MR) is 81.5 cm³/mol. The Morgan fingerprint density at radius 2 is 2.17 bits per heavy atom. The predicted octanol–water partition coefficient (Wildman–Crippen LogP) is 4.15. The lowest BCUT2D eigenvalue weighted by molar-refractivity contribution is 0.915. The largest absolute Gasteiger partial charge is 0.354 e. The van der Waals surface area contributed by atoms with Crippen LogP contribution in [0, 0.1) is 0 Å². The van der Waals surface area contributed by atoms with Crippen LogP contribution in [0.15, 0.2) is 33.7 Å². The van der Waals surface area contributed by atoms with E-state index in [4.69, 9.17) is 0 Å². The quantitative estimate of drug-likeness (QED) is 0.717. The molecule has 0 radical (unpaired) electrons. The van der Waals surface area contributed by atoms with Gasteiger partial charge in [0.05, 0.1) is 15.7 Å². The van der Waals surface area contributed by atoms with Crippen molar-refractivity contribution in [2.75, 3.05) is 11.9 Å². The van der Waals surface area contributed by atoms with Crippen LogP contribution in [0.2, 0.25) is 0 Å². The van der Waals surface area contributed by atoms with Crippen LogP contribution < -0.4 is 4.90 Å². The first kappa shape index (κ1) is 12.1. The normalized spacial score (nSPS) is 11.0. The maximum absolute atomic E-state index is 4.40. The zero-order valence-corrected chi connectivity index (χ0v) is 12.8. The lowest BCUT2D eigenvalue weighted by atomic mass is 10.3. The van der Waals surface area contributed by atoms with E-state index in [0.717, 1.165) is 26.4 Å². The molecule has 6 heteroatoms. The Balaban J connectivity index is 1.92. The van der Waals surface area contributed by atoms with Crippen LogP contribution in [0.1, 0.15) is 4.88 Å². The molecule has 0 spiro atoms. The molecule has 0 aliphatic rings. The molecule has 92 valence electrons. The maximum Gasteiger partial charge on any atom is 0.140 e. The summed E-state index contributed by atoms with van der Waals surface area (Å²) in [4.78, 5) is 13.2. The fourth-order valence-corrected chi connectivity index (χ4v) is 4.09. The molecule has 0 aromatic carbocycles. The summed E-state index contributed by atoms with van der Waals surface area (Å²) < 4.78 is 1.16. The molecule has 0 amide bonds. The molecule has 3 aromatic heterocycles. The van der Waals surface area contributed by atoms with Gasteiger partial charge in [0.25, 0.3) is 0 Å². The minimum Gasteiger partial charge on any atom is -0.354 e. The van der Waals surface area contributed by atoms with Crippen LogP contribution >= 0.6 is 38.6 Å². The van der Waals surface area contributed by atoms with E-state index in [9.17, 15) is 0 Å². The summed E-state index contributed by atoms with van der Waals surface area (Å²) in [5.41, 5.74) is 0. The monoisotopic (exact) mass is 339 g/mol. The Kier molecular flexibility index (Phi) is 3.32. The molecule has 3 rings (SSSR count). The van der Waals surface area contributed by atoms with E-state index in [2.05, 4.69) is 61.4 Å². The molecule has 0 atom stereocenters. The van der Waals surface area contributed by atoms with E-state index in [1.165, 1.54) is 4.88 Å². The first-order valence-electron chi connectivity index (χ1n) is 5.37. The van der Waals surface area contributed by atoms with E-state index in [-0.39, 0.29) is 0 Å². The van der Waals surface area contributed by atoms with Crippen molar-refractivity contribution < 1.29 is 0 Å². The molecule has 0 N–H and O–H groups in total. The van der Waals surface area contributed by atoms with Crippen molar-refractivity contribution in [3.05, 3.63) is 38.6 Å². The van der Waals surface area contributed by atoms with Gasteiger partial charge >= 0.3 is 0 Å². The van der Waals surface area contributed by atoms with Crippen molar-refractivity contribution >= 4 is 54.6 Å². The summed E-state index contributed by atoms with van der Waals surface area (Å²) in [5.74, 6) is 0.991. The number of rotatable bonds is 3. The molecule has 0 bridgehead atoms. The number of halogens is 1. The molecule has 3 heterocycles. The summed E-state index contributed by atoms with van der Waals surface area (Å²) in [6, 6.07) is 6.29. The van der Waals surface area contributed by atoms with Crippen molar-refractivity contribution in [1.29, 1.82) is 0 Å². The van der Waals surface area contributed by atoms with E-state index in [0.29, 0.717) is 0 Å². The Hall–Kier alpha value is -0.980. The Labute approximate surface area is 121 Å². The van der Waals surface area contributed by atoms with Crippen molar-refractivity contribution in [3.63, 3.8) is 0 Å². The minimum absolute atomic E-state index is 0.859. The van der Waals surface area contributed by atoms with Gasteiger partial charge in [-0.15, -0.1) is 22.7 Å². The minimum atomic E-state index is 0.859. The fourth-order valence-electron chi connectivity index (χ4n) is 1.83. The molecule has 0 aliphatic carbocycles. The van der Waals surface area contributed by atoms with E-state index in [1.807, 2.05) is 0 Å². The third-order valence-electron chi connectivity index (χ3n) is 2.62. The number of fused-ring (bicyclic) bond motifs is 1. The van der Waals surface area contributed by atoms with Crippen LogP contribution in [0.25, 0.3) is 10.2 Å². The van der Waals surface area contributed by atoms with Gasteiger partial charge in [0.15, 0.2) is 0 Å². The molecule has 0 saturated heterocycles. The highest BCUT2D eigenvalue weighted by Crippen LogP contribution is 2.28. The van der Waals surface area contributed by atoms with E-state index < -0.39 is 0 Å². The van der Waals surface area contributed by atoms with Crippen LogP contribution in [0.4, 0.5) is 5.82 Å². The van der Waals surface area contributed by atoms with Crippen molar-refractivity contribution in [2.24, 2.45) is 0 Å². The third-order valence-corrected chi connectivity index (χ3v) is 5.05. The SMILES string of the molecule is CN(Cc1ccc(Br)s1)c1ncnc2sccc12. The molecule has 3 nitrogen and oxygen atoms in total. The molecular formula is C12H10BrN3S2. The summed E-state index contributed by atoms with van der Waals surface area (Å²) in [6.45, 7) is 0.859. The standard InChI is InChI=1S/C12H10BrN3S2/c1-16(6-8-2-3-10(13)18-8)11-9-4-5-17-12(9)15-7-14-11/h2-5,7H,6H2,1H3. The van der Waals surface area contributed by atoms with Gasteiger partial charge in [-0.1, -0.05) is 0 Å². The molecule has 0 saturated carbocycles. The highest BCUT2D eigenvalue weighted by Gasteiger charge is 2.10. The zero-order valence-electron chi connectivity index (χ0n) is 9.63. The van der Waals surface area contributed by atoms with Crippen LogP contribution in [0.3, 0.4) is 0 Å². The topological polar surface area (TPSA) is 29.0 Å². The van der Waals surface area contributed by atoms with Gasteiger partial charge in [-0.25, -0.2) is 9.97 Å². The van der Waals surface area contributed by atoms with E-state index >= 15 is 0 Å². The van der Waals surface area contributed by atoms with Crippen LogP contribution in [-0.2, 0) is 6.54 Å². The molecule has 0 aliphatic heterocycles. The smallest absolute Gasteiger partial charge is 0.140 e. The van der Waals surface area contributed by atoms with Gasteiger partial charge in [-0.05, 0) is 39.5 Å². The van der Waals surface area contributed by atoms with Gasteiger partial charge in [-0.2, -0.15) is 0 Å². The summed E-state index contributed by atoms with van der Waals surface area (Å²) >= 11 is 6.89. The number of hydrogen-bond acceptors (Lipinski definition) is 5. The first-order chi connectivity index (χ1) is 8.74. The Morgan fingerprint density at radius 1 is 1.28 bits per heavy atom. The summed E-state index contributed by atoms with van der Waals surface area (Å²) in [7, 11) is 2.06. The molecule has 0 fully saturated rings. The lowest BCUT2D eigenvalue weighted by Crippen LogP contribution is -2.17. The molecule has 0 unspecified atom stereocenters. The third kappa shape index (κ3) is 2.28. The number of aromatic nitrogens is 2. The van der Waals surface area contributed by atoms with Gasteiger partial charge in [0.1, 0.15) is 17.0 Å². The Morgan fingerprint density at radius 3 is 2.94 bits per heavy atom. The number of nitrogens with zero attached hydrogens (tertiary/aromatic N) is 3. The van der Waals surface area contributed by atoms with Gasteiger partial charge in [0, 0.05) is 11.9 Å². The number of thiophene rings is 2. The van der Waals surface area contributed by atoms with Crippen molar-refractivity contribution in [2.45, 2.75) is 6.54 Å². The highest BCUT2D eigenvalue weighted by molar-refractivity contribution is 9.11. The van der Waals surface area contributed by atoms with Gasteiger partial charge in [-0.3, -0.25) is 0 Å². The van der Waals surface area contributed by atoms with Crippen LogP contribution in [-0.4, -0.2) is 17.0 Å². The van der Waals surface area contributed by atoms with Gasteiger partial charge < -0.3 is 4.90 Å².